The molecule has 1 fully saturated rings. The Labute approximate surface area is 156 Å². The summed E-state index contributed by atoms with van der Waals surface area (Å²) in [5.41, 5.74) is 2.04. The zero-order valence-corrected chi connectivity index (χ0v) is 15.6. The molecule has 0 aliphatic carbocycles. The molecular formula is C20H29N5O. The number of hydrogen-bond donors (Lipinski definition) is 2. The third-order valence-corrected chi connectivity index (χ3v) is 4.45. The molecule has 0 radical (unpaired) electrons. The van der Waals surface area contributed by atoms with Crippen molar-refractivity contribution < 1.29 is 4.74 Å². The van der Waals surface area contributed by atoms with Crippen LogP contribution < -0.4 is 10.6 Å². The van der Waals surface area contributed by atoms with E-state index < -0.39 is 0 Å². The quantitative estimate of drug-likeness (QED) is 0.674. The monoisotopic (exact) mass is 355 g/mol. The molecule has 0 unspecified atom stereocenters. The van der Waals surface area contributed by atoms with Crippen LogP contribution in [0.4, 0.5) is 11.8 Å². The fourth-order valence-corrected chi connectivity index (χ4v) is 2.92. The van der Waals surface area contributed by atoms with Gasteiger partial charge in [0.2, 0.25) is 5.95 Å². The molecule has 1 aliphatic heterocycles. The first-order valence-electron chi connectivity index (χ1n) is 9.57. The molecule has 0 saturated carbocycles. The largest absolute Gasteiger partial charge is 0.379 e. The standard InChI is InChI=1S/C20H29N5O/c1-2-3-9-21-19-16-18(17-7-5-4-6-8-17)23-20(24-19)22-10-11-25-12-14-26-15-13-25/h4-8,16H,2-3,9-15H2,1H3,(H2,21,22,23,24). The number of benzene rings is 1. The van der Waals surface area contributed by atoms with Crippen molar-refractivity contribution in [2.24, 2.45) is 0 Å². The van der Waals surface area contributed by atoms with Crippen molar-refractivity contribution in [1.29, 1.82) is 0 Å². The van der Waals surface area contributed by atoms with Gasteiger partial charge in [-0.05, 0) is 6.42 Å². The Bertz CT molecular complexity index is 659. The van der Waals surface area contributed by atoms with Crippen LogP contribution in [0.25, 0.3) is 11.3 Å². The lowest BCUT2D eigenvalue weighted by Crippen LogP contribution is -2.39. The third kappa shape index (κ3) is 5.68. The van der Waals surface area contributed by atoms with E-state index in [1.165, 1.54) is 0 Å². The summed E-state index contributed by atoms with van der Waals surface area (Å²) in [4.78, 5) is 11.7. The van der Waals surface area contributed by atoms with Gasteiger partial charge in [-0.2, -0.15) is 4.98 Å². The van der Waals surface area contributed by atoms with Crippen molar-refractivity contribution in [3.63, 3.8) is 0 Å². The number of nitrogens with zero attached hydrogens (tertiary/aromatic N) is 3. The van der Waals surface area contributed by atoms with E-state index >= 15 is 0 Å². The summed E-state index contributed by atoms with van der Waals surface area (Å²) in [5.74, 6) is 1.56. The van der Waals surface area contributed by atoms with E-state index in [0.717, 1.165) is 75.9 Å². The van der Waals surface area contributed by atoms with Crippen molar-refractivity contribution >= 4 is 11.8 Å². The molecule has 6 heteroatoms. The molecule has 26 heavy (non-hydrogen) atoms. The van der Waals surface area contributed by atoms with Gasteiger partial charge in [0.15, 0.2) is 0 Å². The lowest BCUT2D eigenvalue weighted by molar-refractivity contribution is 0.0398. The lowest BCUT2D eigenvalue weighted by Gasteiger charge is -2.26. The predicted octanol–water partition coefficient (Wildman–Crippen LogP) is 3.10. The highest BCUT2D eigenvalue weighted by atomic mass is 16.5. The number of unbranched alkanes of at least 4 members (excludes halogenated alkanes) is 1. The summed E-state index contributed by atoms with van der Waals surface area (Å²) < 4.78 is 5.40. The van der Waals surface area contributed by atoms with Crippen LogP contribution >= 0.6 is 0 Å². The van der Waals surface area contributed by atoms with Crippen LogP contribution in [-0.4, -0.2) is 60.8 Å². The van der Waals surface area contributed by atoms with Crippen LogP contribution in [0.2, 0.25) is 0 Å². The van der Waals surface area contributed by atoms with Crippen molar-refractivity contribution in [1.82, 2.24) is 14.9 Å². The van der Waals surface area contributed by atoms with Crippen molar-refractivity contribution in [2.75, 3.05) is 56.6 Å². The molecule has 2 heterocycles. The molecule has 3 rings (SSSR count). The van der Waals surface area contributed by atoms with E-state index in [-0.39, 0.29) is 0 Å². The van der Waals surface area contributed by atoms with Crippen LogP contribution in [0.1, 0.15) is 19.8 Å². The average Bonchev–Trinajstić information content (AvgIpc) is 2.70. The number of nitrogens with one attached hydrogen (secondary N) is 2. The highest BCUT2D eigenvalue weighted by Gasteiger charge is 2.10. The Balaban J connectivity index is 1.67. The van der Waals surface area contributed by atoms with E-state index in [4.69, 9.17) is 9.72 Å². The number of hydrogen-bond acceptors (Lipinski definition) is 6. The number of anilines is 2. The number of ether oxygens (including phenoxy) is 1. The van der Waals surface area contributed by atoms with Gasteiger partial charge in [-0.1, -0.05) is 43.7 Å². The molecule has 0 spiro atoms. The molecule has 0 atom stereocenters. The smallest absolute Gasteiger partial charge is 0.225 e. The molecule has 2 N–H and O–H groups in total. The Hall–Kier alpha value is -2.18. The van der Waals surface area contributed by atoms with E-state index in [1.807, 2.05) is 24.3 Å². The minimum Gasteiger partial charge on any atom is -0.379 e. The number of morpholine rings is 1. The first kappa shape index (κ1) is 18.6. The Morgan fingerprint density at radius 2 is 1.85 bits per heavy atom. The number of rotatable bonds is 9. The van der Waals surface area contributed by atoms with Gasteiger partial charge in [0.25, 0.3) is 0 Å². The lowest BCUT2D eigenvalue weighted by atomic mass is 10.1. The number of aromatic nitrogens is 2. The van der Waals surface area contributed by atoms with Gasteiger partial charge in [0, 0.05) is 44.4 Å². The van der Waals surface area contributed by atoms with Crippen LogP contribution in [-0.2, 0) is 4.74 Å². The van der Waals surface area contributed by atoms with E-state index in [2.05, 4.69) is 39.6 Å². The van der Waals surface area contributed by atoms with Gasteiger partial charge in [-0.15, -0.1) is 0 Å². The van der Waals surface area contributed by atoms with Gasteiger partial charge >= 0.3 is 0 Å². The van der Waals surface area contributed by atoms with Crippen LogP contribution in [0.3, 0.4) is 0 Å². The van der Waals surface area contributed by atoms with Gasteiger partial charge in [0.1, 0.15) is 5.82 Å². The van der Waals surface area contributed by atoms with Gasteiger partial charge in [-0.25, -0.2) is 4.98 Å². The highest BCUT2D eigenvalue weighted by molar-refractivity contribution is 5.64. The highest BCUT2D eigenvalue weighted by Crippen LogP contribution is 2.21. The van der Waals surface area contributed by atoms with Crippen LogP contribution in [0.5, 0.6) is 0 Å². The SMILES string of the molecule is CCCCNc1cc(-c2ccccc2)nc(NCCN2CCOCC2)n1. The van der Waals surface area contributed by atoms with Gasteiger partial charge in [-0.3, -0.25) is 4.90 Å². The summed E-state index contributed by atoms with van der Waals surface area (Å²) in [5, 5.41) is 6.81. The molecular weight excluding hydrogens is 326 g/mol. The maximum atomic E-state index is 5.40. The van der Waals surface area contributed by atoms with Crippen LogP contribution in [0.15, 0.2) is 36.4 Å². The van der Waals surface area contributed by atoms with Crippen LogP contribution in [0, 0.1) is 0 Å². The normalized spacial score (nSPS) is 15.0. The summed E-state index contributed by atoms with van der Waals surface area (Å²) in [6, 6.07) is 12.3. The van der Waals surface area contributed by atoms with E-state index in [1.54, 1.807) is 0 Å². The van der Waals surface area contributed by atoms with Crippen molar-refractivity contribution in [3.05, 3.63) is 36.4 Å². The summed E-state index contributed by atoms with van der Waals surface area (Å²) in [7, 11) is 0. The zero-order valence-electron chi connectivity index (χ0n) is 15.6. The Kier molecular flexibility index (Phi) is 7.22. The fraction of sp³-hybridized carbons (Fsp3) is 0.500. The maximum absolute atomic E-state index is 5.40. The molecule has 0 amide bonds. The molecule has 1 aromatic heterocycles. The molecule has 2 aromatic rings. The maximum Gasteiger partial charge on any atom is 0.225 e. The average molecular weight is 355 g/mol. The zero-order chi connectivity index (χ0) is 18.0. The summed E-state index contributed by atoms with van der Waals surface area (Å²) in [6.45, 7) is 8.56. The second-order valence-electron chi connectivity index (χ2n) is 6.49. The second-order valence-corrected chi connectivity index (χ2v) is 6.49. The van der Waals surface area contributed by atoms with Gasteiger partial charge in [0.05, 0.1) is 18.9 Å². The molecule has 1 aromatic carbocycles. The van der Waals surface area contributed by atoms with Gasteiger partial charge < -0.3 is 15.4 Å². The fourth-order valence-electron chi connectivity index (χ4n) is 2.92. The Morgan fingerprint density at radius 3 is 2.62 bits per heavy atom. The molecule has 1 aliphatic rings. The topological polar surface area (TPSA) is 62.3 Å². The van der Waals surface area contributed by atoms with Crippen molar-refractivity contribution in [2.45, 2.75) is 19.8 Å². The Morgan fingerprint density at radius 1 is 1.04 bits per heavy atom. The molecule has 0 bridgehead atoms. The molecule has 140 valence electrons. The van der Waals surface area contributed by atoms with E-state index in [0.29, 0.717) is 5.95 Å². The second kappa shape index (κ2) is 10.1. The summed E-state index contributed by atoms with van der Waals surface area (Å²) in [6.07, 6.45) is 2.29. The first-order chi connectivity index (χ1) is 12.8. The third-order valence-electron chi connectivity index (χ3n) is 4.45. The van der Waals surface area contributed by atoms with E-state index in [9.17, 15) is 0 Å². The minimum atomic E-state index is 0.679. The predicted molar refractivity (Wildman–Crippen MR) is 107 cm³/mol. The van der Waals surface area contributed by atoms with Crippen molar-refractivity contribution in [3.8, 4) is 11.3 Å². The molecule has 6 nitrogen and oxygen atoms in total. The molecule has 1 saturated heterocycles. The summed E-state index contributed by atoms with van der Waals surface area (Å²) >= 11 is 0. The first-order valence-corrected chi connectivity index (χ1v) is 9.57. The minimum absolute atomic E-state index is 0.679.